The molecule has 0 spiro atoms. The highest BCUT2D eigenvalue weighted by molar-refractivity contribution is 5.94. The lowest BCUT2D eigenvalue weighted by molar-refractivity contribution is 0.0706. The molecule has 0 bridgehead atoms. The lowest BCUT2D eigenvalue weighted by Crippen LogP contribution is -2.37. The van der Waals surface area contributed by atoms with E-state index in [0.717, 1.165) is 44.1 Å². The number of nitrogens with one attached hydrogen (secondary N) is 1. The normalized spacial score (nSPS) is 18.2. The van der Waals surface area contributed by atoms with Crippen molar-refractivity contribution in [2.75, 3.05) is 19.6 Å². The molecule has 1 aromatic rings. The Morgan fingerprint density at radius 1 is 1.35 bits per heavy atom. The van der Waals surface area contributed by atoms with E-state index in [1.807, 2.05) is 11.0 Å². The third-order valence-electron chi connectivity index (χ3n) is 4.71. The largest absolute Gasteiger partial charge is 0.339 e. The summed E-state index contributed by atoms with van der Waals surface area (Å²) in [6.07, 6.45) is 4.99. The third kappa shape index (κ3) is 2.73. The van der Waals surface area contributed by atoms with Gasteiger partial charge in [0.2, 0.25) is 0 Å². The van der Waals surface area contributed by atoms with Gasteiger partial charge in [-0.3, -0.25) is 4.79 Å². The van der Waals surface area contributed by atoms with E-state index in [2.05, 4.69) is 24.4 Å². The topological polar surface area (TPSA) is 32.3 Å². The summed E-state index contributed by atoms with van der Waals surface area (Å²) in [7, 11) is 0. The summed E-state index contributed by atoms with van der Waals surface area (Å²) in [4.78, 5) is 14.7. The first-order chi connectivity index (χ1) is 9.78. The van der Waals surface area contributed by atoms with Crippen LogP contribution in [0, 0.1) is 5.92 Å². The Labute approximate surface area is 121 Å². The van der Waals surface area contributed by atoms with Gasteiger partial charge in [0.05, 0.1) is 0 Å². The number of carbonyl (C=O) groups excluding carboxylic acids is 1. The zero-order valence-corrected chi connectivity index (χ0v) is 12.3. The van der Waals surface area contributed by atoms with Gasteiger partial charge in [-0.2, -0.15) is 0 Å². The summed E-state index contributed by atoms with van der Waals surface area (Å²) in [5.41, 5.74) is 3.54. The predicted octanol–water partition coefficient (Wildman–Crippen LogP) is 2.59. The number of hydrogen-bond donors (Lipinski definition) is 1. The molecule has 1 amide bonds. The van der Waals surface area contributed by atoms with Crippen molar-refractivity contribution in [3.8, 4) is 0 Å². The standard InChI is InChI=1S/C17H24N2O/c1-2-19(12-13-4-3-5-13)17(20)15-7-6-14-8-9-18-11-16(14)10-15/h6-7,10,13,18H,2-5,8-9,11-12H2,1H3. The molecular formula is C17H24N2O. The van der Waals surface area contributed by atoms with E-state index < -0.39 is 0 Å². The van der Waals surface area contributed by atoms with Crippen LogP contribution in [0.3, 0.4) is 0 Å². The molecule has 3 rings (SSSR count). The molecule has 1 aromatic carbocycles. The Morgan fingerprint density at radius 3 is 2.90 bits per heavy atom. The van der Waals surface area contributed by atoms with Crippen molar-refractivity contribution in [2.24, 2.45) is 5.92 Å². The van der Waals surface area contributed by atoms with Crippen LogP contribution in [-0.2, 0) is 13.0 Å². The van der Waals surface area contributed by atoms with Crippen LogP contribution in [-0.4, -0.2) is 30.4 Å². The van der Waals surface area contributed by atoms with E-state index in [0.29, 0.717) is 0 Å². The minimum Gasteiger partial charge on any atom is -0.339 e. The lowest BCUT2D eigenvalue weighted by atomic mass is 9.85. The van der Waals surface area contributed by atoms with Gasteiger partial charge in [-0.1, -0.05) is 12.5 Å². The number of rotatable bonds is 4. The van der Waals surface area contributed by atoms with Gasteiger partial charge in [0.1, 0.15) is 0 Å². The number of amides is 1. The van der Waals surface area contributed by atoms with Crippen molar-refractivity contribution in [3.05, 3.63) is 34.9 Å². The van der Waals surface area contributed by atoms with Crippen LogP contribution in [0.15, 0.2) is 18.2 Å². The quantitative estimate of drug-likeness (QED) is 0.913. The van der Waals surface area contributed by atoms with E-state index in [4.69, 9.17) is 0 Å². The maximum atomic E-state index is 12.6. The van der Waals surface area contributed by atoms with Gasteiger partial charge in [0, 0.05) is 25.2 Å². The molecule has 20 heavy (non-hydrogen) atoms. The van der Waals surface area contributed by atoms with E-state index in [1.165, 1.54) is 30.4 Å². The Kier molecular flexibility index (Phi) is 4.06. The van der Waals surface area contributed by atoms with E-state index in [1.54, 1.807) is 0 Å². The molecule has 1 saturated carbocycles. The molecule has 1 aliphatic heterocycles. The molecule has 0 atom stereocenters. The molecule has 1 N–H and O–H groups in total. The Balaban J connectivity index is 1.74. The van der Waals surface area contributed by atoms with Crippen molar-refractivity contribution in [2.45, 2.75) is 39.2 Å². The van der Waals surface area contributed by atoms with Gasteiger partial charge < -0.3 is 10.2 Å². The van der Waals surface area contributed by atoms with E-state index >= 15 is 0 Å². The number of benzene rings is 1. The molecule has 1 fully saturated rings. The van der Waals surface area contributed by atoms with Gasteiger partial charge in [-0.15, -0.1) is 0 Å². The summed E-state index contributed by atoms with van der Waals surface area (Å²) >= 11 is 0. The molecule has 0 unspecified atom stereocenters. The van der Waals surface area contributed by atoms with Gasteiger partial charge in [-0.25, -0.2) is 0 Å². The number of carbonyl (C=O) groups is 1. The molecule has 0 saturated heterocycles. The Morgan fingerprint density at radius 2 is 2.20 bits per heavy atom. The van der Waals surface area contributed by atoms with Gasteiger partial charge in [0.25, 0.3) is 5.91 Å². The SMILES string of the molecule is CCN(CC1CCC1)C(=O)c1ccc2c(c1)CNCC2. The summed E-state index contributed by atoms with van der Waals surface area (Å²) in [5, 5.41) is 3.38. The first kappa shape index (κ1) is 13.6. The van der Waals surface area contributed by atoms with Gasteiger partial charge in [0.15, 0.2) is 0 Å². The average Bonchev–Trinajstić information content (AvgIpc) is 2.45. The highest BCUT2D eigenvalue weighted by atomic mass is 16.2. The van der Waals surface area contributed by atoms with Crippen LogP contribution in [0.2, 0.25) is 0 Å². The maximum Gasteiger partial charge on any atom is 0.253 e. The highest BCUT2D eigenvalue weighted by Crippen LogP contribution is 2.27. The smallest absolute Gasteiger partial charge is 0.253 e. The summed E-state index contributed by atoms with van der Waals surface area (Å²) in [5.74, 6) is 0.936. The molecule has 0 aromatic heterocycles. The Hall–Kier alpha value is -1.35. The lowest BCUT2D eigenvalue weighted by Gasteiger charge is -2.32. The van der Waals surface area contributed by atoms with Crippen molar-refractivity contribution in [1.29, 1.82) is 0 Å². The van der Waals surface area contributed by atoms with Gasteiger partial charge >= 0.3 is 0 Å². The average molecular weight is 272 g/mol. The minimum absolute atomic E-state index is 0.202. The Bertz CT molecular complexity index is 494. The maximum absolute atomic E-state index is 12.6. The van der Waals surface area contributed by atoms with Crippen LogP contribution in [0.1, 0.15) is 47.7 Å². The summed E-state index contributed by atoms with van der Waals surface area (Å²) in [6, 6.07) is 6.24. The van der Waals surface area contributed by atoms with Crippen LogP contribution < -0.4 is 5.32 Å². The minimum atomic E-state index is 0.202. The van der Waals surface area contributed by atoms with Gasteiger partial charge in [-0.05, 0) is 61.9 Å². The fourth-order valence-corrected chi connectivity index (χ4v) is 3.14. The summed E-state index contributed by atoms with van der Waals surface area (Å²) in [6.45, 7) is 5.76. The second kappa shape index (κ2) is 5.96. The zero-order chi connectivity index (χ0) is 13.9. The molecular weight excluding hydrogens is 248 g/mol. The number of nitrogens with zero attached hydrogens (tertiary/aromatic N) is 1. The third-order valence-corrected chi connectivity index (χ3v) is 4.71. The predicted molar refractivity (Wildman–Crippen MR) is 80.8 cm³/mol. The fraction of sp³-hybridized carbons (Fsp3) is 0.588. The summed E-state index contributed by atoms with van der Waals surface area (Å²) < 4.78 is 0. The second-order valence-electron chi connectivity index (χ2n) is 6.05. The number of hydrogen-bond acceptors (Lipinski definition) is 2. The van der Waals surface area contributed by atoms with E-state index in [9.17, 15) is 4.79 Å². The molecule has 2 aliphatic rings. The molecule has 1 heterocycles. The van der Waals surface area contributed by atoms with Crippen molar-refractivity contribution < 1.29 is 4.79 Å². The first-order valence-corrected chi connectivity index (χ1v) is 7.89. The fourth-order valence-electron chi connectivity index (χ4n) is 3.14. The monoisotopic (exact) mass is 272 g/mol. The van der Waals surface area contributed by atoms with Crippen LogP contribution in [0.5, 0.6) is 0 Å². The molecule has 0 radical (unpaired) electrons. The van der Waals surface area contributed by atoms with Crippen molar-refractivity contribution >= 4 is 5.91 Å². The highest BCUT2D eigenvalue weighted by Gasteiger charge is 2.24. The second-order valence-corrected chi connectivity index (χ2v) is 6.05. The van der Waals surface area contributed by atoms with Crippen molar-refractivity contribution in [3.63, 3.8) is 0 Å². The van der Waals surface area contributed by atoms with Crippen LogP contribution in [0.4, 0.5) is 0 Å². The van der Waals surface area contributed by atoms with Crippen LogP contribution >= 0.6 is 0 Å². The number of fused-ring (bicyclic) bond motifs is 1. The molecule has 3 nitrogen and oxygen atoms in total. The van der Waals surface area contributed by atoms with Crippen LogP contribution in [0.25, 0.3) is 0 Å². The molecule has 108 valence electrons. The molecule has 3 heteroatoms. The first-order valence-electron chi connectivity index (χ1n) is 7.89. The zero-order valence-electron chi connectivity index (χ0n) is 12.3. The van der Waals surface area contributed by atoms with Crippen molar-refractivity contribution in [1.82, 2.24) is 10.2 Å². The molecule has 1 aliphatic carbocycles. The van der Waals surface area contributed by atoms with E-state index in [-0.39, 0.29) is 5.91 Å².